The van der Waals surface area contributed by atoms with Crippen molar-refractivity contribution in [2.75, 3.05) is 0 Å². The van der Waals surface area contributed by atoms with Gasteiger partial charge >= 0.3 is 6.18 Å². The fourth-order valence-corrected chi connectivity index (χ4v) is 18.4. The van der Waals surface area contributed by atoms with E-state index in [0.29, 0.717) is 60.8 Å². The van der Waals surface area contributed by atoms with Gasteiger partial charge in [0.1, 0.15) is 5.56 Å². The van der Waals surface area contributed by atoms with Crippen LogP contribution in [0.3, 0.4) is 0 Å². The van der Waals surface area contributed by atoms with Gasteiger partial charge in [0.2, 0.25) is 0 Å². The SMILES string of the molecule is N#Cc1ccc(-c2c(-n3c4ccc(-c5ccccc5)cc4c4cc(-c5ccccc5)ccc43)c(-n3c4ccc(-c5ccccc5)cc4c4cc(-c5ccccc5)ccc43)c(C(F)(F)F)c(-n3c4ccc(-c5ccccc5)cc4c4cc(-c5ccccc5)ccc43)c2-n2c3ccc(-c4ccccc4)cc3c3cc(-c4ccccc4)ccc32)cc1. The molecule has 0 saturated heterocycles. The summed E-state index contributed by atoms with van der Waals surface area (Å²) in [6.45, 7) is 0. The summed E-state index contributed by atoms with van der Waals surface area (Å²) in [7, 11) is 0. The highest BCUT2D eigenvalue weighted by Crippen LogP contribution is 2.57. The Labute approximate surface area is 678 Å². The number of alkyl halides is 3. The van der Waals surface area contributed by atoms with Crippen molar-refractivity contribution in [3.8, 4) is 129 Å². The quantitative estimate of drug-likeness (QED) is 0.113. The topological polar surface area (TPSA) is 43.5 Å². The molecule has 0 aliphatic rings. The number of hydrogen-bond acceptors (Lipinski definition) is 1. The summed E-state index contributed by atoms with van der Waals surface area (Å²) < 4.78 is 68.9. The van der Waals surface area contributed by atoms with Crippen LogP contribution in [0.5, 0.6) is 0 Å². The van der Waals surface area contributed by atoms with Crippen molar-refractivity contribution in [3.63, 3.8) is 0 Å². The zero-order valence-corrected chi connectivity index (χ0v) is 63.6. The third kappa shape index (κ3) is 11.5. The molecule has 22 aromatic rings. The van der Waals surface area contributed by atoms with Crippen LogP contribution in [0, 0.1) is 11.3 Å². The molecule has 4 heterocycles. The Morgan fingerprint density at radius 2 is 0.356 bits per heavy atom. The Hall–Kier alpha value is -15.6. The van der Waals surface area contributed by atoms with Gasteiger partial charge in [-0.25, -0.2) is 0 Å². The maximum absolute atomic E-state index is 20.2. The zero-order valence-electron chi connectivity index (χ0n) is 63.6. The largest absolute Gasteiger partial charge is 0.420 e. The van der Waals surface area contributed by atoms with Gasteiger partial charge < -0.3 is 18.3 Å². The molecule has 0 bridgehead atoms. The van der Waals surface area contributed by atoms with Gasteiger partial charge in [0.05, 0.1) is 78.5 Å². The van der Waals surface area contributed by atoms with Crippen molar-refractivity contribution in [2.45, 2.75) is 6.18 Å². The van der Waals surface area contributed by atoms with Crippen LogP contribution in [-0.4, -0.2) is 18.3 Å². The highest BCUT2D eigenvalue weighted by molar-refractivity contribution is 6.19. The summed E-state index contributed by atoms with van der Waals surface area (Å²) in [5.41, 5.74) is 20.8. The number of aromatic nitrogens is 4. The predicted molar refractivity (Wildman–Crippen MR) is 482 cm³/mol. The van der Waals surface area contributed by atoms with Gasteiger partial charge in [0.15, 0.2) is 0 Å². The molecule has 0 fully saturated rings. The second kappa shape index (κ2) is 27.9. The number of hydrogen-bond donors (Lipinski definition) is 0. The number of fused-ring (bicyclic) bond motifs is 12. The molecule has 118 heavy (non-hydrogen) atoms. The van der Waals surface area contributed by atoms with E-state index in [9.17, 15) is 5.26 Å². The second-order valence-corrected chi connectivity index (χ2v) is 30.5. The standard InChI is InChI=1S/C110H68F3N5/c111-110(112,113)105-108(117-100-57-49-84(75-33-17-5-18-34-75)65-92(100)93-66-85(50-58-101(93)117)76-35-19-6-20-36-76)106(115-96-53-45-80(71-25-9-1-10-26-71)61-88(96)89-62-81(46-54-97(89)115)72-27-11-2-12-28-72)104(79-43-41-70(69-114)42-44-79)107(116-98-55-47-82(73-29-13-3-14-30-73)63-90(98)91-64-83(48-56-99(91)116)74-31-15-4-16-32-74)109(105)118-102-59-51-86(77-37-21-7-22-38-77)67-94(102)95-68-87(52-60-103(95)118)78-39-23-8-24-40-78/h1-68H. The summed E-state index contributed by atoms with van der Waals surface area (Å²) in [4.78, 5) is 0. The molecule has 18 aromatic carbocycles. The highest BCUT2D eigenvalue weighted by Gasteiger charge is 2.45. The summed E-state index contributed by atoms with van der Waals surface area (Å²) in [5, 5.41) is 17.4. The van der Waals surface area contributed by atoms with E-state index in [4.69, 9.17) is 0 Å². The maximum Gasteiger partial charge on any atom is 0.420 e. The zero-order chi connectivity index (χ0) is 78.7. The average molecular weight is 1520 g/mol. The van der Waals surface area contributed by atoms with Crippen LogP contribution in [0.15, 0.2) is 413 Å². The van der Waals surface area contributed by atoms with Crippen LogP contribution in [0.25, 0.3) is 210 Å². The molecule has 0 unspecified atom stereocenters. The lowest BCUT2D eigenvalue weighted by Crippen LogP contribution is -2.22. The normalized spacial score (nSPS) is 11.8. The van der Waals surface area contributed by atoms with Gasteiger partial charge in [-0.3, -0.25) is 0 Å². The minimum Gasteiger partial charge on any atom is -0.306 e. The third-order valence-corrected chi connectivity index (χ3v) is 23.8. The van der Waals surface area contributed by atoms with Crippen molar-refractivity contribution in [1.82, 2.24) is 18.3 Å². The number of halogens is 3. The van der Waals surface area contributed by atoms with E-state index in [-0.39, 0.29) is 22.7 Å². The molecule has 4 aromatic heterocycles. The van der Waals surface area contributed by atoms with Crippen molar-refractivity contribution >= 4 is 87.2 Å². The Kier molecular flexibility index (Phi) is 16.4. The first-order chi connectivity index (χ1) is 58.1. The molecule has 0 saturated carbocycles. The third-order valence-electron chi connectivity index (χ3n) is 23.8. The summed E-state index contributed by atoms with van der Waals surface area (Å²) in [6, 6.07) is 142. The Bertz CT molecular complexity index is 6960. The first-order valence-corrected chi connectivity index (χ1v) is 39.7. The van der Waals surface area contributed by atoms with Gasteiger partial charge in [-0.15, -0.1) is 0 Å². The van der Waals surface area contributed by atoms with Crippen LogP contribution in [0.1, 0.15) is 11.1 Å². The first kappa shape index (κ1) is 69.2. The molecular weight excluding hydrogens is 1450 g/mol. The Balaban J connectivity index is 1.03. The molecule has 554 valence electrons. The van der Waals surface area contributed by atoms with Crippen LogP contribution >= 0.6 is 0 Å². The maximum atomic E-state index is 20.2. The summed E-state index contributed by atoms with van der Waals surface area (Å²) in [6.07, 6.45) is -5.23. The predicted octanol–water partition coefficient (Wildman–Crippen LogP) is 30.0. The lowest BCUT2D eigenvalue weighted by atomic mass is 9.92. The average Bonchev–Trinajstić information content (AvgIpc) is 1.49. The fourth-order valence-electron chi connectivity index (χ4n) is 18.4. The first-order valence-electron chi connectivity index (χ1n) is 39.7. The van der Waals surface area contributed by atoms with Gasteiger partial charge in [0, 0.05) is 48.7 Å². The van der Waals surface area contributed by atoms with Gasteiger partial charge in [-0.1, -0.05) is 303 Å². The van der Waals surface area contributed by atoms with E-state index >= 15 is 13.2 Å². The van der Waals surface area contributed by atoms with E-state index in [0.717, 1.165) is 132 Å². The minimum absolute atomic E-state index is 0.112. The molecule has 0 radical (unpaired) electrons. The van der Waals surface area contributed by atoms with E-state index in [1.165, 1.54) is 0 Å². The lowest BCUT2D eigenvalue weighted by Gasteiger charge is -2.32. The minimum atomic E-state index is -5.23. The van der Waals surface area contributed by atoms with Crippen LogP contribution in [-0.2, 0) is 6.18 Å². The number of benzene rings is 18. The van der Waals surface area contributed by atoms with Crippen molar-refractivity contribution < 1.29 is 13.2 Å². The van der Waals surface area contributed by atoms with Crippen LogP contribution in [0.4, 0.5) is 13.2 Å². The molecule has 0 amide bonds. The summed E-state index contributed by atoms with van der Waals surface area (Å²) >= 11 is 0. The van der Waals surface area contributed by atoms with Crippen molar-refractivity contribution in [3.05, 3.63) is 424 Å². The van der Waals surface area contributed by atoms with E-state index in [2.05, 4.69) is 234 Å². The summed E-state index contributed by atoms with van der Waals surface area (Å²) in [5.74, 6) is 0. The molecule has 0 aliphatic carbocycles. The Morgan fingerprint density at radius 3 is 0.525 bits per heavy atom. The molecule has 0 N–H and O–H groups in total. The second-order valence-electron chi connectivity index (χ2n) is 30.5. The number of nitrogens with zero attached hydrogens (tertiary/aromatic N) is 5. The smallest absolute Gasteiger partial charge is 0.306 e. The molecular formula is C110H68F3N5. The number of rotatable bonds is 13. The molecule has 0 spiro atoms. The van der Waals surface area contributed by atoms with Crippen LogP contribution in [0.2, 0.25) is 0 Å². The fraction of sp³-hybridized carbons (Fsp3) is 0.00909. The molecule has 0 atom stereocenters. The molecule has 22 rings (SSSR count). The van der Waals surface area contributed by atoms with Crippen molar-refractivity contribution in [2.24, 2.45) is 0 Å². The van der Waals surface area contributed by atoms with E-state index in [1.54, 1.807) is 0 Å². The number of nitriles is 1. The Morgan fingerprint density at radius 1 is 0.186 bits per heavy atom. The van der Waals surface area contributed by atoms with E-state index < -0.39 is 11.7 Å². The van der Waals surface area contributed by atoms with Crippen LogP contribution < -0.4 is 0 Å². The van der Waals surface area contributed by atoms with Crippen molar-refractivity contribution in [1.29, 1.82) is 5.26 Å². The molecule has 0 aliphatic heterocycles. The molecule has 8 heteroatoms. The van der Waals surface area contributed by atoms with Gasteiger partial charge in [-0.2, -0.15) is 18.4 Å². The monoisotopic (exact) mass is 1520 g/mol. The van der Waals surface area contributed by atoms with Gasteiger partial charge in [-0.05, 0) is 204 Å². The van der Waals surface area contributed by atoms with E-state index in [1.807, 2.05) is 203 Å². The highest BCUT2D eigenvalue weighted by atomic mass is 19.4. The molecule has 5 nitrogen and oxygen atoms in total. The lowest BCUT2D eigenvalue weighted by molar-refractivity contribution is -0.137. The van der Waals surface area contributed by atoms with Gasteiger partial charge in [0.25, 0.3) is 0 Å².